The lowest BCUT2D eigenvalue weighted by molar-refractivity contribution is -0.274. The first-order valence-corrected chi connectivity index (χ1v) is 6.37. The molecule has 5 heteroatoms. The maximum absolute atomic E-state index is 12.0. The molecular formula is C14H20F3NO. The van der Waals surface area contributed by atoms with E-state index in [0.29, 0.717) is 12.0 Å². The number of nitrogens with one attached hydrogen (secondary N) is 1. The summed E-state index contributed by atoms with van der Waals surface area (Å²) in [5.74, 6) is 0.244. The molecule has 0 fully saturated rings. The highest BCUT2D eigenvalue weighted by atomic mass is 19.4. The van der Waals surface area contributed by atoms with E-state index < -0.39 is 6.36 Å². The summed E-state index contributed by atoms with van der Waals surface area (Å²) in [5.41, 5.74) is 1.01. The normalized spacial score (nSPS) is 15.1. The Bertz CT molecular complexity index is 371. The van der Waals surface area contributed by atoms with E-state index >= 15 is 0 Å². The zero-order valence-electron chi connectivity index (χ0n) is 11.4. The molecule has 0 heterocycles. The van der Waals surface area contributed by atoms with Crippen molar-refractivity contribution < 1.29 is 17.9 Å². The second-order valence-electron chi connectivity index (χ2n) is 4.68. The number of benzene rings is 1. The Morgan fingerprint density at radius 2 is 1.79 bits per heavy atom. The third kappa shape index (κ3) is 5.51. The van der Waals surface area contributed by atoms with Gasteiger partial charge < -0.3 is 10.1 Å². The molecule has 0 amide bonds. The molecule has 2 nitrogen and oxygen atoms in total. The third-order valence-corrected chi connectivity index (χ3v) is 3.21. The van der Waals surface area contributed by atoms with Crippen molar-refractivity contribution in [1.29, 1.82) is 0 Å². The number of alkyl halides is 3. The van der Waals surface area contributed by atoms with E-state index in [0.717, 1.165) is 18.4 Å². The fourth-order valence-electron chi connectivity index (χ4n) is 2.23. The molecule has 1 aromatic rings. The number of rotatable bonds is 6. The minimum Gasteiger partial charge on any atom is -0.406 e. The Balaban J connectivity index is 2.62. The van der Waals surface area contributed by atoms with Crippen LogP contribution in [0.2, 0.25) is 0 Å². The van der Waals surface area contributed by atoms with Crippen LogP contribution in [-0.2, 0) is 6.42 Å². The molecule has 0 aliphatic rings. The molecule has 0 saturated heterocycles. The summed E-state index contributed by atoms with van der Waals surface area (Å²) in [6, 6.07) is 6.48. The van der Waals surface area contributed by atoms with E-state index in [1.807, 2.05) is 7.05 Å². The smallest absolute Gasteiger partial charge is 0.406 e. The molecule has 0 aliphatic heterocycles. The average Bonchev–Trinajstić information content (AvgIpc) is 2.31. The van der Waals surface area contributed by atoms with Crippen LogP contribution in [0, 0.1) is 5.92 Å². The number of ether oxygens (including phenoxy) is 1. The van der Waals surface area contributed by atoms with Gasteiger partial charge in [-0.15, -0.1) is 13.2 Å². The predicted molar refractivity (Wildman–Crippen MR) is 69.1 cm³/mol. The summed E-state index contributed by atoms with van der Waals surface area (Å²) in [6.45, 7) is 4.24. The van der Waals surface area contributed by atoms with Gasteiger partial charge >= 0.3 is 6.36 Å². The summed E-state index contributed by atoms with van der Waals surface area (Å²) >= 11 is 0. The molecule has 1 N–H and O–H groups in total. The maximum atomic E-state index is 12.0. The van der Waals surface area contributed by atoms with Gasteiger partial charge in [-0.2, -0.15) is 0 Å². The minimum absolute atomic E-state index is 0.176. The first-order valence-electron chi connectivity index (χ1n) is 6.37. The zero-order chi connectivity index (χ0) is 14.5. The van der Waals surface area contributed by atoms with Gasteiger partial charge in [0.25, 0.3) is 0 Å². The molecule has 2 atom stereocenters. The zero-order valence-corrected chi connectivity index (χ0v) is 11.4. The van der Waals surface area contributed by atoms with E-state index in [9.17, 15) is 13.2 Å². The highest BCUT2D eigenvalue weighted by molar-refractivity contribution is 5.27. The van der Waals surface area contributed by atoms with Crippen molar-refractivity contribution in [1.82, 2.24) is 5.32 Å². The van der Waals surface area contributed by atoms with Gasteiger partial charge in [-0.05, 0) is 43.5 Å². The summed E-state index contributed by atoms with van der Waals surface area (Å²) in [5, 5.41) is 3.24. The molecule has 0 aliphatic carbocycles. The summed E-state index contributed by atoms with van der Waals surface area (Å²) in [7, 11) is 1.92. The third-order valence-electron chi connectivity index (χ3n) is 3.21. The Kier molecular flexibility index (Phi) is 5.66. The fourth-order valence-corrected chi connectivity index (χ4v) is 2.23. The molecular weight excluding hydrogens is 255 g/mol. The van der Waals surface area contributed by atoms with Crippen LogP contribution >= 0.6 is 0 Å². The van der Waals surface area contributed by atoms with Crippen molar-refractivity contribution in [3.63, 3.8) is 0 Å². The van der Waals surface area contributed by atoms with Gasteiger partial charge in [0, 0.05) is 6.04 Å². The number of halogens is 3. The fraction of sp³-hybridized carbons (Fsp3) is 0.571. The molecule has 19 heavy (non-hydrogen) atoms. The standard InChI is InChI=1S/C14H20F3NO/c1-4-13(18-3)10(2)9-11-5-7-12(8-6-11)19-14(15,16)17/h5-8,10,13,18H,4,9H2,1-3H3. The van der Waals surface area contributed by atoms with Crippen molar-refractivity contribution >= 4 is 0 Å². The second-order valence-corrected chi connectivity index (χ2v) is 4.68. The van der Waals surface area contributed by atoms with Crippen LogP contribution in [-0.4, -0.2) is 19.5 Å². The second kappa shape index (κ2) is 6.80. The van der Waals surface area contributed by atoms with Gasteiger partial charge in [-0.25, -0.2) is 0 Å². The van der Waals surface area contributed by atoms with Crippen molar-refractivity contribution in [3.8, 4) is 5.75 Å². The summed E-state index contributed by atoms with van der Waals surface area (Å²) in [4.78, 5) is 0. The van der Waals surface area contributed by atoms with Crippen molar-refractivity contribution in [3.05, 3.63) is 29.8 Å². The molecule has 0 aromatic heterocycles. The Morgan fingerprint density at radius 1 is 1.21 bits per heavy atom. The van der Waals surface area contributed by atoms with Crippen molar-refractivity contribution in [2.45, 2.75) is 39.1 Å². The van der Waals surface area contributed by atoms with Crippen LogP contribution in [0.4, 0.5) is 13.2 Å². The van der Waals surface area contributed by atoms with E-state index in [2.05, 4.69) is 23.9 Å². The summed E-state index contributed by atoms with van der Waals surface area (Å²) in [6.07, 6.45) is -2.78. The summed E-state index contributed by atoms with van der Waals surface area (Å²) < 4.78 is 39.9. The van der Waals surface area contributed by atoms with E-state index in [1.54, 1.807) is 12.1 Å². The molecule has 2 unspecified atom stereocenters. The Morgan fingerprint density at radius 3 is 2.21 bits per heavy atom. The Labute approximate surface area is 112 Å². The lowest BCUT2D eigenvalue weighted by atomic mass is 9.92. The molecule has 0 bridgehead atoms. The van der Waals surface area contributed by atoms with Crippen LogP contribution in [0.1, 0.15) is 25.8 Å². The number of hydrogen-bond donors (Lipinski definition) is 1. The van der Waals surface area contributed by atoms with Gasteiger partial charge in [0.15, 0.2) is 0 Å². The van der Waals surface area contributed by atoms with E-state index in [1.165, 1.54) is 12.1 Å². The largest absolute Gasteiger partial charge is 0.573 e. The molecule has 0 radical (unpaired) electrons. The van der Waals surface area contributed by atoms with Gasteiger partial charge in [-0.3, -0.25) is 0 Å². The molecule has 0 saturated carbocycles. The lowest BCUT2D eigenvalue weighted by Gasteiger charge is -2.22. The average molecular weight is 275 g/mol. The van der Waals surface area contributed by atoms with Crippen LogP contribution in [0.3, 0.4) is 0 Å². The SMILES string of the molecule is CCC(NC)C(C)Cc1ccc(OC(F)(F)F)cc1. The topological polar surface area (TPSA) is 21.3 Å². The Hall–Kier alpha value is -1.23. The van der Waals surface area contributed by atoms with Crippen LogP contribution in [0.15, 0.2) is 24.3 Å². The van der Waals surface area contributed by atoms with E-state index in [-0.39, 0.29) is 5.75 Å². The monoisotopic (exact) mass is 275 g/mol. The molecule has 1 rings (SSSR count). The lowest BCUT2D eigenvalue weighted by Crippen LogP contribution is -2.32. The quantitative estimate of drug-likeness (QED) is 0.853. The first kappa shape index (κ1) is 15.8. The van der Waals surface area contributed by atoms with Crippen molar-refractivity contribution in [2.24, 2.45) is 5.92 Å². The van der Waals surface area contributed by atoms with Crippen molar-refractivity contribution in [2.75, 3.05) is 7.05 Å². The molecule has 108 valence electrons. The predicted octanol–water partition coefficient (Wildman–Crippen LogP) is 3.76. The van der Waals surface area contributed by atoms with E-state index in [4.69, 9.17) is 0 Å². The minimum atomic E-state index is -4.63. The highest BCUT2D eigenvalue weighted by Gasteiger charge is 2.30. The van der Waals surface area contributed by atoms with Gasteiger partial charge in [0.1, 0.15) is 5.75 Å². The van der Waals surface area contributed by atoms with Gasteiger partial charge in [0.2, 0.25) is 0 Å². The number of hydrogen-bond acceptors (Lipinski definition) is 2. The van der Waals surface area contributed by atoms with Gasteiger partial charge in [-0.1, -0.05) is 26.0 Å². The van der Waals surface area contributed by atoms with Crippen LogP contribution in [0.5, 0.6) is 5.75 Å². The first-order chi connectivity index (χ1) is 8.85. The van der Waals surface area contributed by atoms with Crippen LogP contribution in [0.25, 0.3) is 0 Å². The highest BCUT2D eigenvalue weighted by Crippen LogP contribution is 2.23. The van der Waals surface area contributed by atoms with Gasteiger partial charge in [0.05, 0.1) is 0 Å². The molecule has 0 spiro atoms. The maximum Gasteiger partial charge on any atom is 0.573 e. The van der Waals surface area contributed by atoms with Crippen LogP contribution < -0.4 is 10.1 Å². The molecule has 1 aromatic carbocycles.